The molecule has 4 nitrogen and oxygen atoms in total. The molecular formula is C13H18ClNO3S. The smallest absolute Gasteiger partial charge is 0.242 e. The third-order valence-electron chi connectivity index (χ3n) is 3.45. The molecule has 0 radical (unpaired) electrons. The van der Waals surface area contributed by atoms with Gasteiger partial charge in [0.2, 0.25) is 10.0 Å². The van der Waals surface area contributed by atoms with Crippen LogP contribution >= 0.6 is 11.6 Å². The first-order valence-corrected chi connectivity index (χ1v) is 8.18. The van der Waals surface area contributed by atoms with Gasteiger partial charge in [0.1, 0.15) is 4.90 Å². The number of aryl methyl sites for hydroxylation is 1. The number of hydrogen-bond acceptors (Lipinski definition) is 3. The zero-order valence-corrected chi connectivity index (χ0v) is 12.3. The molecule has 1 aromatic carbocycles. The van der Waals surface area contributed by atoms with E-state index < -0.39 is 10.0 Å². The van der Waals surface area contributed by atoms with E-state index in [1.54, 1.807) is 12.1 Å². The first-order chi connectivity index (χ1) is 8.88. The highest BCUT2D eigenvalue weighted by Crippen LogP contribution is 2.26. The molecule has 2 atom stereocenters. The van der Waals surface area contributed by atoms with Gasteiger partial charge in [-0.3, -0.25) is 0 Å². The van der Waals surface area contributed by atoms with Crippen molar-refractivity contribution in [2.75, 3.05) is 6.54 Å². The lowest BCUT2D eigenvalue weighted by molar-refractivity contribution is 0.178. The van der Waals surface area contributed by atoms with Gasteiger partial charge in [-0.05, 0) is 49.8 Å². The van der Waals surface area contributed by atoms with Gasteiger partial charge in [0.15, 0.2) is 0 Å². The van der Waals surface area contributed by atoms with E-state index in [1.807, 2.05) is 6.92 Å². The molecule has 2 N–H and O–H groups in total. The Hall–Kier alpha value is -0.620. The second-order valence-electron chi connectivity index (χ2n) is 5.12. The number of halogens is 1. The summed E-state index contributed by atoms with van der Waals surface area (Å²) in [4.78, 5) is 0.110. The molecule has 1 saturated carbocycles. The molecule has 2 unspecified atom stereocenters. The zero-order chi connectivity index (χ0) is 14.0. The van der Waals surface area contributed by atoms with Gasteiger partial charge in [0, 0.05) is 6.54 Å². The molecule has 0 bridgehead atoms. The highest BCUT2D eigenvalue weighted by Gasteiger charge is 2.25. The monoisotopic (exact) mass is 303 g/mol. The number of aliphatic hydroxyl groups excluding tert-OH is 1. The molecule has 1 fully saturated rings. The Bertz CT molecular complexity index is 559. The van der Waals surface area contributed by atoms with Crippen LogP contribution in [0.4, 0.5) is 0 Å². The van der Waals surface area contributed by atoms with Gasteiger partial charge in [-0.15, -0.1) is 0 Å². The number of rotatable bonds is 4. The number of benzene rings is 1. The van der Waals surface area contributed by atoms with E-state index in [9.17, 15) is 13.5 Å². The van der Waals surface area contributed by atoms with Crippen LogP contribution in [0.3, 0.4) is 0 Å². The third kappa shape index (κ3) is 3.69. The molecule has 1 aliphatic carbocycles. The van der Waals surface area contributed by atoms with Crippen LogP contribution in [0.2, 0.25) is 5.02 Å². The van der Waals surface area contributed by atoms with Crippen molar-refractivity contribution in [2.45, 2.75) is 37.2 Å². The van der Waals surface area contributed by atoms with E-state index in [2.05, 4.69) is 4.72 Å². The summed E-state index contributed by atoms with van der Waals surface area (Å²) in [5, 5.41) is 9.66. The van der Waals surface area contributed by atoms with Crippen molar-refractivity contribution in [3.05, 3.63) is 28.8 Å². The Balaban J connectivity index is 2.06. The average molecular weight is 304 g/mol. The molecule has 0 aromatic heterocycles. The van der Waals surface area contributed by atoms with Crippen LogP contribution in [0.1, 0.15) is 24.8 Å². The summed E-state index contributed by atoms with van der Waals surface area (Å²) in [7, 11) is -3.58. The second-order valence-corrected chi connectivity index (χ2v) is 7.26. The van der Waals surface area contributed by atoms with Crippen molar-refractivity contribution < 1.29 is 13.5 Å². The second kappa shape index (κ2) is 5.79. The van der Waals surface area contributed by atoms with Crippen LogP contribution in [0.5, 0.6) is 0 Å². The van der Waals surface area contributed by atoms with Gasteiger partial charge in [0.05, 0.1) is 11.1 Å². The number of sulfonamides is 1. The van der Waals surface area contributed by atoms with E-state index in [1.165, 1.54) is 6.07 Å². The van der Waals surface area contributed by atoms with Crippen molar-refractivity contribution >= 4 is 21.6 Å². The van der Waals surface area contributed by atoms with Gasteiger partial charge in [-0.1, -0.05) is 17.7 Å². The maximum Gasteiger partial charge on any atom is 0.242 e. The molecule has 0 saturated heterocycles. The Morgan fingerprint density at radius 1 is 1.42 bits per heavy atom. The SMILES string of the molecule is Cc1ccc(S(=O)(=O)NCC2CCC(O)C2)c(Cl)c1. The fourth-order valence-electron chi connectivity index (χ4n) is 2.36. The van der Waals surface area contributed by atoms with Crippen molar-refractivity contribution in [3.8, 4) is 0 Å². The summed E-state index contributed by atoms with van der Waals surface area (Å²) in [5.41, 5.74) is 0.919. The Labute approximate surface area is 118 Å². The minimum absolute atomic E-state index is 0.110. The summed E-state index contributed by atoms with van der Waals surface area (Å²) in [6.07, 6.45) is 1.96. The predicted octanol–water partition coefficient (Wildman–Crippen LogP) is 2.09. The van der Waals surface area contributed by atoms with Crippen molar-refractivity contribution in [1.29, 1.82) is 0 Å². The molecule has 1 aliphatic rings. The number of hydrogen-bond donors (Lipinski definition) is 2. The minimum Gasteiger partial charge on any atom is -0.393 e. The van der Waals surface area contributed by atoms with Crippen LogP contribution in [0.25, 0.3) is 0 Å². The van der Waals surface area contributed by atoms with Crippen molar-refractivity contribution in [2.24, 2.45) is 5.92 Å². The molecule has 6 heteroatoms. The first kappa shape index (κ1) is 14.8. The van der Waals surface area contributed by atoms with Gasteiger partial charge >= 0.3 is 0 Å². The van der Waals surface area contributed by atoms with E-state index in [0.29, 0.717) is 13.0 Å². The zero-order valence-electron chi connectivity index (χ0n) is 10.8. The normalized spacial score (nSPS) is 23.7. The predicted molar refractivity (Wildman–Crippen MR) is 74.7 cm³/mol. The standard InChI is InChI=1S/C13H18ClNO3S/c1-9-2-5-13(12(14)6-9)19(17,18)15-8-10-3-4-11(16)7-10/h2,5-6,10-11,15-16H,3-4,7-8H2,1H3. The summed E-state index contributed by atoms with van der Waals surface area (Å²) < 4.78 is 26.9. The summed E-state index contributed by atoms with van der Waals surface area (Å²) in [5.74, 6) is 0.203. The maximum absolute atomic E-state index is 12.1. The molecule has 0 heterocycles. The van der Waals surface area contributed by atoms with Crippen LogP contribution < -0.4 is 4.72 Å². The van der Waals surface area contributed by atoms with Gasteiger partial charge < -0.3 is 5.11 Å². The highest BCUT2D eigenvalue weighted by molar-refractivity contribution is 7.89. The van der Waals surface area contributed by atoms with E-state index in [4.69, 9.17) is 11.6 Å². The van der Waals surface area contributed by atoms with Crippen LogP contribution in [-0.4, -0.2) is 26.2 Å². The molecular weight excluding hydrogens is 286 g/mol. The lowest BCUT2D eigenvalue weighted by Crippen LogP contribution is -2.29. The first-order valence-electron chi connectivity index (χ1n) is 6.32. The molecule has 106 valence electrons. The third-order valence-corrected chi connectivity index (χ3v) is 5.36. The van der Waals surface area contributed by atoms with Crippen molar-refractivity contribution in [3.63, 3.8) is 0 Å². The lowest BCUT2D eigenvalue weighted by Gasteiger charge is -2.12. The summed E-state index contributed by atoms with van der Waals surface area (Å²) in [6.45, 7) is 2.21. The Kier molecular flexibility index (Phi) is 4.50. The molecule has 2 rings (SSSR count). The Morgan fingerprint density at radius 2 is 2.16 bits per heavy atom. The van der Waals surface area contributed by atoms with Crippen LogP contribution in [0.15, 0.2) is 23.1 Å². The fourth-order valence-corrected chi connectivity index (χ4v) is 4.08. The molecule has 0 aliphatic heterocycles. The summed E-state index contributed by atoms with van der Waals surface area (Å²) in [6, 6.07) is 4.87. The van der Waals surface area contributed by atoms with E-state index >= 15 is 0 Å². The lowest BCUT2D eigenvalue weighted by atomic mass is 10.1. The molecule has 0 spiro atoms. The molecule has 19 heavy (non-hydrogen) atoms. The quantitative estimate of drug-likeness (QED) is 0.895. The van der Waals surface area contributed by atoms with E-state index in [0.717, 1.165) is 18.4 Å². The van der Waals surface area contributed by atoms with Crippen LogP contribution in [0, 0.1) is 12.8 Å². The minimum atomic E-state index is -3.58. The Morgan fingerprint density at radius 3 is 2.74 bits per heavy atom. The van der Waals surface area contributed by atoms with Gasteiger partial charge in [-0.2, -0.15) is 0 Å². The largest absolute Gasteiger partial charge is 0.393 e. The summed E-state index contributed by atoms with van der Waals surface area (Å²) >= 11 is 5.97. The molecule has 0 amide bonds. The van der Waals surface area contributed by atoms with Crippen molar-refractivity contribution in [1.82, 2.24) is 4.72 Å². The number of nitrogens with one attached hydrogen (secondary N) is 1. The highest BCUT2D eigenvalue weighted by atomic mass is 35.5. The maximum atomic E-state index is 12.1. The number of aliphatic hydroxyl groups is 1. The molecule has 1 aromatic rings. The van der Waals surface area contributed by atoms with E-state index in [-0.39, 0.29) is 21.9 Å². The van der Waals surface area contributed by atoms with Gasteiger partial charge in [-0.25, -0.2) is 13.1 Å². The topological polar surface area (TPSA) is 66.4 Å². The van der Waals surface area contributed by atoms with Crippen LogP contribution in [-0.2, 0) is 10.0 Å². The fraction of sp³-hybridized carbons (Fsp3) is 0.538. The average Bonchev–Trinajstić information content (AvgIpc) is 2.72. The van der Waals surface area contributed by atoms with Gasteiger partial charge in [0.25, 0.3) is 0 Å².